The van der Waals surface area contributed by atoms with Gasteiger partial charge in [-0.05, 0) is 61.9 Å². The second-order valence-corrected chi connectivity index (χ2v) is 7.70. The number of hydrogen-bond donors (Lipinski definition) is 3. The summed E-state index contributed by atoms with van der Waals surface area (Å²) >= 11 is 0. The highest BCUT2D eigenvalue weighted by Crippen LogP contribution is 2.27. The third-order valence-corrected chi connectivity index (χ3v) is 4.90. The zero-order valence-electron chi connectivity index (χ0n) is 20.7. The van der Waals surface area contributed by atoms with E-state index in [1.54, 1.807) is 42.5 Å². The fourth-order valence-corrected chi connectivity index (χ4v) is 3.11. The molecule has 0 fully saturated rings. The van der Waals surface area contributed by atoms with E-state index in [0.717, 1.165) is 5.56 Å². The van der Waals surface area contributed by atoms with Crippen LogP contribution in [0.15, 0.2) is 71.8 Å². The Morgan fingerprint density at radius 3 is 2.35 bits per heavy atom. The van der Waals surface area contributed by atoms with Gasteiger partial charge in [0.15, 0.2) is 18.1 Å². The van der Waals surface area contributed by atoms with Crippen LogP contribution in [0.2, 0.25) is 0 Å². The van der Waals surface area contributed by atoms with Gasteiger partial charge in [0.2, 0.25) is 0 Å². The quantitative estimate of drug-likeness (QED) is 0.220. The number of ether oxygens (including phenoxy) is 3. The summed E-state index contributed by atoms with van der Waals surface area (Å²) < 4.78 is 16.3. The molecule has 3 N–H and O–H groups in total. The first-order valence-corrected chi connectivity index (χ1v) is 11.4. The van der Waals surface area contributed by atoms with E-state index in [9.17, 15) is 14.4 Å². The number of nitrogens with zero attached hydrogens (tertiary/aromatic N) is 1. The second-order valence-electron chi connectivity index (χ2n) is 7.70. The summed E-state index contributed by atoms with van der Waals surface area (Å²) in [5.41, 5.74) is 4.88. The van der Waals surface area contributed by atoms with Gasteiger partial charge in [-0.25, -0.2) is 5.43 Å². The molecule has 0 aliphatic heterocycles. The Hall–Kier alpha value is -4.86. The highest BCUT2D eigenvalue weighted by molar-refractivity contribution is 6.39. The summed E-state index contributed by atoms with van der Waals surface area (Å²) in [4.78, 5) is 36.5. The van der Waals surface area contributed by atoms with Gasteiger partial charge in [0, 0.05) is 5.69 Å². The number of para-hydroxylation sites is 2. The van der Waals surface area contributed by atoms with Crippen LogP contribution in [0.5, 0.6) is 17.2 Å². The predicted molar refractivity (Wildman–Crippen MR) is 140 cm³/mol. The molecule has 37 heavy (non-hydrogen) atoms. The molecule has 3 aromatic rings. The van der Waals surface area contributed by atoms with Crippen molar-refractivity contribution in [2.75, 3.05) is 31.0 Å². The average molecular weight is 505 g/mol. The Bertz CT molecular complexity index is 1270. The van der Waals surface area contributed by atoms with Crippen LogP contribution in [0.3, 0.4) is 0 Å². The van der Waals surface area contributed by atoms with E-state index >= 15 is 0 Å². The van der Waals surface area contributed by atoms with E-state index in [0.29, 0.717) is 40.8 Å². The zero-order valence-corrected chi connectivity index (χ0v) is 20.7. The van der Waals surface area contributed by atoms with Crippen LogP contribution in [0, 0.1) is 6.92 Å². The number of methoxy groups -OCH3 is 1. The lowest BCUT2D eigenvalue weighted by molar-refractivity contribution is -0.136. The van der Waals surface area contributed by atoms with Crippen LogP contribution in [-0.4, -0.2) is 44.3 Å². The molecule has 0 heterocycles. The minimum atomic E-state index is -0.950. The number of anilines is 2. The Labute approximate surface area is 214 Å². The lowest BCUT2D eigenvalue weighted by Crippen LogP contribution is -2.32. The molecule has 0 atom stereocenters. The van der Waals surface area contributed by atoms with Crippen LogP contribution < -0.4 is 30.3 Å². The number of hydrogen-bond acceptors (Lipinski definition) is 7. The zero-order chi connectivity index (χ0) is 26.6. The molecular formula is C27H28N4O6. The van der Waals surface area contributed by atoms with Gasteiger partial charge in [0.1, 0.15) is 5.75 Å². The van der Waals surface area contributed by atoms with E-state index in [1.807, 2.05) is 38.1 Å². The van der Waals surface area contributed by atoms with Gasteiger partial charge in [-0.15, -0.1) is 0 Å². The molecule has 0 saturated heterocycles. The van der Waals surface area contributed by atoms with E-state index in [-0.39, 0.29) is 12.5 Å². The monoisotopic (exact) mass is 504 g/mol. The number of amides is 3. The second kappa shape index (κ2) is 13.3. The summed E-state index contributed by atoms with van der Waals surface area (Å²) in [5.74, 6) is -0.986. The van der Waals surface area contributed by atoms with Crippen LogP contribution in [0.1, 0.15) is 18.1 Å². The van der Waals surface area contributed by atoms with Crippen molar-refractivity contribution in [3.8, 4) is 17.2 Å². The summed E-state index contributed by atoms with van der Waals surface area (Å²) in [6.07, 6.45) is 1.34. The molecule has 10 heteroatoms. The molecule has 3 rings (SSSR count). The molecule has 0 aromatic heterocycles. The number of aryl methyl sites for hydroxylation is 1. The van der Waals surface area contributed by atoms with Gasteiger partial charge < -0.3 is 24.8 Å². The van der Waals surface area contributed by atoms with E-state index in [1.165, 1.54) is 13.3 Å². The van der Waals surface area contributed by atoms with Crippen molar-refractivity contribution in [2.24, 2.45) is 5.10 Å². The molecule has 0 saturated carbocycles. The third-order valence-electron chi connectivity index (χ3n) is 4.90. The predicted octanol–water partition coefficient (Wildman–Crippen LogP) is 3.51. The molecule has 192 valence electrons. The summed E-state index contributed by atoms with van der Waals surface area (Å²) in [6.45, 7) is 3.98. The van der Waals surface area contributed by atoms with Crippen molar-refractivity contribution >= 4 is 35.3 Å². The third kappa shape index (κ3) is 8.10. The minimum Gasteiger partial charge on any atom is -0.493 e. The van der Waals surface area contributed by atoms with E-state index in [4.69, 9.17) is 14.2 Å². The van der Waals surface area contributed by atoms with Crippen molar-refractivity contribution in [3.63, 3.8) is 0 Å². The number of carbonyl (C=O) groups is 3. The smallest absolute Gasteiger partial charge is 0.329 e. The average Bonchev–Trinajstić information content (AvgIpc) is 2.90. The van der Waals surface area contributed by atoms with Gasteiger partial charge in [-0.1, -0.05) is 29.8 Å². The Morgan fingerprint density at radius 1 is 0.865 bits per heavy atom. The Balaban J connectivity index is 1.53. The first-order chi connectivity index (χ1) is 17.9. The number of carbonyl (C=O) groups excluding carboxylic acids is 3. The van der Waals surface area contributed by atoms with Crippen molar-refractivity contribution in [3.05, 3.63) is 77.9 Å². The van der Waals surface area contributed by atoms with E-state index in [2.05, 4.69) is 21.2 Å². The van der Waals surface area contributed by atoms with E-state index < -0.39 is 11.8 Å². The normalized spacial score (nSPS) is 10.5. The Morgan fingerprint density at radius 2 is 1.62 bits per heavy atom. The van der Waals surface area contributed by atoms with Gasteiger partial charge in [0.05, 0.1) is 25.6 Å². The molecule has 0 unspecified atom stereocenters. The lowest BCUT2D eigenvalue weighted by atomic mass is 10.2. The van der Waals surface area contributed by atoms with Crippen LogP contribution in [0.25, 0.3) is 0 Å². The summed E-state index contributed by atoms with van der Waals surface area (Å²) in [6, 6.07) is 19.1. The minimum absolute atomic E-state index is 0.213. The maximum Gasteiger partial charge on any atom is 0.329 e. The number of rotatable bonds is 10. The van der Waals surface area contributed by atoms with Gasteiger partial charge in [-0.2, -0.15) is 5.10 Å². The van der Waals surface area contributed by atoms with Crippen molar-refractivity contribution in [1.82, 2.24) is 5.43 Å². The van der Waals surface area contributed by atoms with Crippen molar-refractivity contribution in [1.29, 1.82) is 0 Å². The van der Waals surface area contributed by atoms with Gasteiger partial charge >= 0.3 is 11.8 Å². The largest absolute Gasteiger partial charge is 0.493 e. The standard InChI is InChI=1S/C27H28N4O6/c1-4-36-22-8-6-5-7-21(22)30-26(33)27(34)31-28-16-19-11-14-23(24(15-19)35-3)37-17-25(32)29-20-12-9-18(2)10-13-20/h5-16H,4,17H2,1-3H3,(H,29,32)(H,30,33)(H,31,34)/b28-16-. The molecule has 3 aromatic carbocycles. The number of hydrazone groups is 1. The summed E-state index contributed by atoms with van der Waals surface area (Å²) in [5, 5.41) is 9.06. The topological polar surface area (TPSA) is 127 Å². The molecular weight excluding hydrogens is 476 g/mol. The maximum absolute atomic E-state index is 12.2. The molecule has 0 radical (unpaired) electrons. The van der Waals surface area contributed by atoms with Crippen LogP contribution >= 0.6 is 0 Å². The lowest BCUT2D eigenvalue weighted by Gasteiger charge is -2.11. The number of nitrogens with one attached hydrogen (secondary N) is 3. The van der Waals surface area contributed by atoms with Crippen LogP contribution in [0.4, 0.5) is 11.4 Å². The molecule has 3 amide bonds. The molecule has 10 nitrogen and oxygen atoms in total. The van der Waals surface area contributed by atoms with Crippen molar-refractivity contribution in [2.45, 2.75) is 13.8 Å². The number of benzene rings is 3. The molecule has 0 aliphatic rings. The summed E-state index contributed by atoms with van der Waals surface area (Å²) in [7, 11) is 1.46. The molecule has 0 spiro atoms. The molecule has 0 bridgehead atoms. The first kappa shape index (κ1) is 26.7. The van der Waals surface area contributed by atoms with Crippen LogP contribution in [-0.2, 0) is 14.4 Å². The maximum atomic E-state index is 12.2. The molecule has 0 aliphatic carbocycles. The Kier molecular flexibility index (Phi) is 9.60. The highest BCUT2D eigenvalue weighted by Gasteiger charge is 2.15. The van der Waals surface area contributed by atoms with Gasteiger partial charge in [-0.3, -0.25) is 14.4 Å². The fourth-order valence-electron chi connectivity index (χ4n) is 3.11. The first-order valence-electron chi connectivity index (χ1n) is 11.4. The SMILES string of the molecule is CCOc1ccccc1NC(=O)C(=O)N/N=C\c1ccc(OCC(=O)Nc2ccc(C)cc2)c(OC)c1. The van der Waals surface area contributed by atoms with Crippen molar-refractivity contribution < 1.29 is 28.6 Å². The highest BCUT2D eigenvalue weighted by atomic mass is 16.5. The van der Waals surface area contributed by atoms with Gasteiger partial charge in [0.25, 0.3) is 5.91 Å². The fraction of sp³-hybridized carbons (Fsp3) is 0.185.